The first-order valence-electron chi connectivity index (χ1n) is 21.4. The van der Waals surface area contributed by atoms with E-state index >= 15 is 0 Å². The third-order valence-corrected chi connectivity index (χ3v) is 12.3. The van der Waals surface area contributed by atoms with E-state index in [2.05, 4.69) is 18.2 Å². The molecule has 0 radical (unpaired) electrons. The minimum absolute atomic E-state index is 0.0270. The van der Waals surface area contributed by atoms with Crippen molar-refractivity contribution in [1.29, 1.82) is 0 Å². The van der Waals surface area contributed by atoms with E-state index in [9.17, 15) is 14.4 Å². The SMILES string of the molecule is COc1cc2c(cc1OCc1cc(COc3cc4c(cc3C)C(=O)N3c5ccccc5C[C@H]3CC4)cc(OCCCCC(=O)C(C)C)c1)N=C[C@@H]1Cc3ccccc3N1C2=O. The molecule has 5 aromatic rings. The third-order valence-electron chi connectivity index (χ3n) is 12.3. The van der Waals surface area contributed by atoms with Crippen LogP contribution in [0.15, 0.2) is 96.0 Å². The van der Waals surface area contributed by atoms with E-state index < -0.39 is 0 Å². The number of rotatable bonds is 14. The lowest BCUT2D eigenvalue weighted by atomic mass is 9.98. The summed E-state index contributed by atoms with van der Waals surface area (Å²) in [6, 6.07) is 29.7. The maximum atomic E-state index is 14.0. The molecule has 0 fully saturated rings. The molecule has 61 heavy (non-hydrogen) atoms. The summed E-state index contributed by atoms with van der Waals surface area (Å²) in [5.74, 6) is 2.52. The molecule has 4 heterocycles. The van der Waals surface area contributed by atoms with Gasteiger partial charge in [-0.25, -0.2) is 0 Å². The number of ketones is 1. The van der Waals surface area contributed by atoms with E-state index in [0.29, 0.717) is 47.9 Å². The minimum Gasteiger partial charge on any atom is -0.494 e. The van der Waals surface area contributed by atoms with Crippen molar-refractivity contribution < 1.29 is 33.3 Å². The van der Waals surface area contributed by atoms with Crippen molar-refractivity contribution in [3.8, 4) is 23.0 Å². The van der Waals surface area contributed by atoms with Crippen LogP contribution in [0, 0.1) is 12.8 Å². The predicted octanol–water partition coefficient (Wildman–Crippen LogP) is 9.74. The molecule has 10 nitrogen and oxygen atoms in total. The lowest BCUT2D eigenvalue weighted by Gasteiger charge is -2.23. The van der Waals surface area contributed by atoms with E-state index in [-0.39, 0.29) is 48.8 Å². The number of fused-ring (bicyclic) bond motifs is 8. The van der Waals surface area contributed by atoms with Gasteiger partial charge in [-0.1, -0.05) is 50.2 Å². The monoisotopic (exact) mass is 817 g/mol. The summed E-state index contributed by atoms with van der Waals surface area (Å²) in [5.41, 5.74) is 9.63. The number of benzene rings is 5. The van der Waals surface area contributed by atoms with E-state index in [1.165, 1.54) is 5.56 Å². The number of nitrogens with zero attached hydrogens (tertiary/aromatic N) is 3. The maximum Gasteiger partial charge on any atom is 0.261 e. The molecule has 4 aliphatic rings. The Bertz CT molecular complexity index is 2560. The number of anilines is 2. The van der Waals surface area contributed by atoms with Crippen LogP contribution < -0.4 is 28.7 Å². The van der Waals surface area contributed by atoms with Crippen LogP contribution in [0.3, 0.4) is 0 Å². The molecular weight excluding hydrogens is 767 g/mol. The second-order valence-electron chi connectivity index (χ2n) is 16.8. The average Bonchev–Trinajstić information content (AvgIpc) is 3.76. The zero-order chi connectivity index (χ0) is 42.2. The molecule has 312 valence electrons. The fourth-order valence-electron chi connectivity index (χ4n) is 9.08. The summed E-state index contributed by atoms with van der Waals surface area (Å²) in [4.78, 5) is 48.7. The largest absolute Gasteiger partial charge is 0.494 e. The summed E-state index contributed by atoms with van der Waals surface area (Å²) in [6.45, 7) is 6.76. The first-order valence-corrected chi connectivity index (χ1v) is 21.4. The highest BCUT2D eigenvalue weighted by Gasteiger charge is 2.38. The van der Waals surface area contributed by atoms with E-state index in [4.69, 9.17) is 23.9 Å². The number of unbranched alkanes of at least 4 members (excludes halogenated alkanes) is 1. The number of hydrogen-bond donors (Lipinski definition) is 0. The van der Waals surface area contributed by atoms with Gasteiger partial charge >= 0.3 is 0 Å². The maximum absolute atomic E-state index is 14.0. The summed E-state index contributed by atoms with van der Waals surface area (Å²) >= 11 is 0. The molecule has 2 amide bonds. The van der Waals surface area contributed by atoms with Gasteiger partial charge in [0.05, 0.1) is 31.0 Å². The van der Waals surface area contributed by atoms with Gasteiger partial charge in [-0.05, 0) is 121 Å². The Labute approximate surface area is 357 Å². The van der Waals surface area contributed by atoms with Crippen molar-refractivity contribution in [2.75, 3.05) is 23.5 Å². The van der Waals surface area contributed by atoms with Crippen LogP contribution in [0.1, 0.15) is 93.6 Å². The number of hydrogen-bond acceptors (Lipinski definition) is 8. The highest BCUT2D eigenvalue weighted by Crippen LogP contribution is 2.42. The van der Waals surface area contributed by atoms with Crippen LogP contribution in [0.5, 0.6) is 23.0 Å². The van der Waals surface area contributed by atoms with Crippen molar-refractivity contribution in [2.45, 2.75) is 91.0 Å². The smallest absolute Gasteiger partial charge is 0.261 e. The molecule has 4 aliphatic heterocycles. The number of aliphatic imine (C=N–C) groups is 1. The van der Waals surface area contributed by atoms with E-state index in [0.717, 1.165) is 82.6 Å². The standard InChI is InChI=1S/C51H51N3O7/c1-31(2)46(55)15-9-10-18-59-40-21-33(29-60-47-25-35-16-17-38-23-36-11-5-7-13-44(36)53(38)50(56)41(35)19-32(47)3)20-34(22-40)30-61-49-27-43-42(26-48(49)58-4)51(57)54-39(28-52-43)24-37-12-6-8-14-45(37)54/h5-8,11-14,19-22,25-28,31,38-39H,9-10,15-18,23-24,29-30H2,1-4H3/t38-,39+/m1/s1. The van der Waals surface area contributed by atoms with Gasteiger partial charge in [-0.15, -0.1) is 0 Å². The summed E-state index contributed by atoms with van der Waals surface area (Å²) in [6.07, 6.45) is 7.15. The molecule has 0 spiro atoms. The molecule has 0 saturated carbocycles. The minimum atomic E-state index is -0.167. The van der Waals surface area contributed by atoms with Gasteiger partial charge in [0.25, 0.3) is 11.8 Å². The number of Topliss-reactive ketones (excluding diaryl/α,β-unsaturated/α-hetero) is 1. The second-order valence-corrected chi connectivity index (χ2v) is 16.8. The molecule has 10 heteroatoms. The Hall–Kier alpha value is -6.42. The Kier molecular flexibility index (Phi) is 11.1. The number of carbonyl (C=O) groups is 3. The highest BCUT2D eigenvalue weighted by molar-refractivity contribution is 6.15. The van der Waals surface area contributed by atoms with Crippen molar-refractivity contribution in [3.63, 3.8) is 0 Å². The number of para-hydroxylation sites is 2. The Morgan fingerprint density at radius 1 is 0.738 bits per heavy atom. The second kappa shape index (κ2) is 16.9. The first-order chi connectivity index (χ1) is 29.6. The molecule has 9 rings (SSSR count). The number of carbonyl (C=O) groups excluding carboxylic acids is 3. The Morgan fingerprint density at radius 2 is 1.43 bits per heavy atom. The van der Waals surface area contributed by atoms with Gasteiger partial charge in [0, 0.05) is 54.0 Å². The number of aryl methyl sites for hydroxylation is 2. The van der Waals surface area contributed by atoms with E-state index in [1.54, 1.807) is 19.2 Å². The van der Waals surface area contributed by atoms with Crippen molar-refractivity contribution in [1.82, 2.24) is 0 Å². The van der Waals surface area contributed by atoms with Gasteiger partial charge in [0.2, 0.25) is 0 Å². The van der Waals surface area contributed by atoms with Crippen molar-refractivity contribution >= 4 is 40.9 Å². The lowest BCUT2D eigenvalue weighted by Crippen LogP contribution is -2.37. The normalized spacial score (nSPS) is 17.1. The lowest BCUT2D eigenvalue weighted by molar-refractivity contribution is -0.122. The number of amides is 2. The zero-order valence-electron chi connectivity index (χ0n) is 35.2. The summed E-state index contributed by atoms with van der Waals surface area (Å²) < 4.78 is 25.0. The van der Waals surface area contributed by atoms with Crippen LogP contribution in [-0.2, 0) is 37.3 Å². The number of ether oxygens (including phenoxy) is 4. The van der Waals surface area contributed by atoms with Gasteiger partial charge in [-0.2, -0.15) is 0 Å². The summed E-state index contributed by atoms with van der Waals surface area (Å²) in [7, 11) is 1.56. The van der Waals surface area contributed by atoms with Gasteiger partial charge < -0.3 is 23.8 Å². The van der Waals surface area contributed by atoms with Crippen LogP contribution >= 0.6 is 0 Å². The molecule has 0 aromatic heterocycles. The van der Waals surface area contributed by atoms with Crippen molar-refractivity contribution in [3.05, 3.63) is 136 Å². The molecule has 0 aliphatic carbocycles. The topological polar surface area (TPSA) is 107 Å². The Balaban J connectivity index is 0.936. The molecule has 0 unspecified atom stereocenters. The van der Waals surface area contributed by atoms with Crippen LogP contribution in [-0.4, -0.2) is 49.6 Å². The van der Waals surface area contributed by atoms with Crippen molar-refractivity contribution in [2.24, 2.45) is 10.9 Å². The molecule has 2 atom stereocenters. The first kappa shape index (κ1) is 40.0. The third kappa shape index (κ3) is 7.99. The van der Waals surface area contributed by atoms with E-state index in [1.807, 2.05) is 97.4 Å². The van der Waals surface area contributed by atoms with Gasteiger partial charge in [-0.3, -0.25) is 24.3 Å². The molecule has 0 bridgehead atoms. The quantitative estimate of drug-likeness (QED) is 0.103. The molecular formula is C51H51N3O7. The fraction of sp³-hybridized carbons (Fsp3) is 0.333. The van der Waals surface area contributed by atoms with Gasteiger partial charge in [0.15, 0.2) is 11.5 Å². The fourth-order valence-corrected chi connectivity index (χ4v) is 9.08. The molecule has 5 aromatic carbocycles. The molecule has 0 saturated heterocycles. The van der Waals surface area contributed by atoms with Crippen LogP contribution in [0.2, 0.25) is 0 Å². The van der Waals surface area contributed by atoms with Crippen LogP contribution in [0.25, 0.3) is 0 Å². The Morgan fingerprint density at radius 3 is 2.16 bits per heavy atom. The zero-order valence-corrected chi connectivity index (χ0v) is 35.2. The predicted molar refractivity (Wildman–Crippen MR) is 236 cm³/mol. The average molecular weight is 818 g/mol. The van der Waals surface area contributed by atoms with Crippen LogP contribution in [0.4, 0.5) is 17.1 Å². The number of methoxy groups -OCH3 is 1. The van der Waals surface area contributed by atoms with Gasteiger partial charge in [0.1, 0.15) is 30.5 Å². The highest BCUT2D eigenvalue weighted by atomic mass is 16.5. The molecule has 0 N–H and O–H groups in total. The summed E-state index contributed by atoms with van der Waals surface area (Å²) in [5, 5.41) is 0.